The summed E-state index contributed by atoms with van der Waals surface area (Å²) in [5, 5.41) is 0. The zero-order valence-corrected chi connectivity index (χ0v) is 6.97. The van der Waals surface area contributed by atoms with Gasteiger partial charge in [0.25, 0.3) is 0 Å². The molecule has 0 saturated carbocycles. The topological polar surface area (TPSA) is 3.24 Å². The van der Waals surface area contributed by atoms with Gasteiger partial charge in [0.05, 0.1) is 0 Å². The molecule has 1 aliphatic heterocycles. The first-order valence-electron chi connectivity index (χ1n) is 2.63. The second-order valence-electron chi connectivity index (χ2n) is 1.97. The van der Waals surface area contributed by atoms with Crippen molar-refractivity contribution in [3.8, 4) is 0 Å². The Morgan fingerprint density at radius 1 is 1.71 bits per heavy atom. The molecule has 7 heavy (non-hydrogen) atoms. The van der Waals surface area contributed by atoms with E-state index in [-0.39, 0.29) is 0 Å². The van der Waals surface area contributed by atoms with Crippen molar-refractivity contribution in [1.82, 2.24) is 3.11 Å². The zero-order chi connectivity index (χ0) is 5.28. The Hall–Kier alpha value is 0.690. The minimum atomic E-state index is 0.473. The zero-order valence-electron chi connectivity index (χ0n) is 4.82. The van der Waals surface area contributed by atoms with E-state index in [9.17, 15) is 0 Å². The summed E-state index contributed by atoms with van der Waals surface area (Å²) >= 11 is 0.473. The van der Waals surface area contributed by atoms with Crippen LogP contribution in [0.5, 0.6) is 0 Å². The third-order valence-corrected chi connectivity index (χ3v) is 4.54. The summed E-state index contributed by atoms with van der Waals surface area (Å²) in [5.41, 5.74) is 0. The van der Waals surface area contributed by atoms with E-state index in [1.54, 1.807) is 0 Å². The first kappa shape index (κ1) is 5.82. The summed E-state index contributed by atoms with van der Waals surface area (Å²) in [4.78, 5) is 0. The van der Waals surface area contributed by atoms with Crippen LogP contribution in [0.1, 0.15) is 13.3 Å². The van der Waals surface area contributed by atoms with E-state index >= 15 is 0 Å². The first-order valence-corrected chi connectivity index (χ1v) is 5.12. The van der Waals surface area contributed by atoms with Crippen molar-refractivity contribution in [2.45, 2.75) is 19.4 Å². The van der Waals surface area contributed by atoms with Crippen molar-refractivity contribution >= 4 is 0 Å². The van der Waals surface area contributed by atoms with E-state index in [2.05, 4.69) is 17.1 Å². The summed E-state index contributed by atoms with van der Waals surface area (Å²) in [5.74, 6) is 0. The molecular weight excluding hydrogens is 201 g/mol. The Labute approximate surface area is 55.7 Å². The molecule has 0 amide bonds. The molecule has 0 spiro atoms. The quantitative estimate of drug-likeness (QED) is 0.248. The normalized spacial score (nSPS) is 35.4. The molecule has 1 saturated heterocycles. The molecule has 0 aromatic carbocycles. The van der Waals surface area contributed by atoms with Crippen LogP contribution in [0.15, 0.2) is 0 Å². The van der Waals surface area contributed by atoms with Crippen molar-refractivity contribution in [2.75, 3.05) is 11.5 Å². The van der Waals surface area contributed by atoms with Crippen LogP contribution in [0.2, 0.25) is 0 Å². The number of rotatable bonds is 0. The molecule has 0 radical (unpaired) electrons. The fourth-order valence-corrected chi connectivity index (χ4v) is 3.53. The van der Waals surface area contributed by atoms with Gasteiger partial charge in [-0.05, 0) is 0 Å². The predicted molar refractivity (Wildman–Crippen MR) is 26.7 cm³/mol. The average molecular weight is 212 g/mol. The van der Waals surface area contributed by atoms with Gasteiger partial charge in [-0.2, -0.15) is 0 Å². The Bertz CT molecular complexity index is 57.1. The molecule has 0 bridgehead atoms. The summed E-state index contributed by atoms with van der Waals surface area (Å²) in [6.07, 6.45) is 1.45. The fourth-order valence-electron chi connectivity index (χ4n) is 0.636. The second-order valence-corrected chi connectivity index (χ2v) is 5.25. The van der Waals surface area contributed by atoms with Crippen LogP contribution in [-0.2, 0) is 0 Å². The third-order valence-electron chi connectivity index (χ3n) is 1.41. The van der Waals surface area contributed by atoms with Crippen molar-refractivity contribution in [1.29, 1.82) is 0 Å². The van der Waals surface area contributed by atoms with Crippen LogP contribution in [0.25, 0.3) is 0 Å². The second kappa shape index (κ2) is 2.31. The van der Waals surface area contributed by atoms with E-state index in [1.165, 1.54) is 10.8 Å². The summed E-state index contributed by atoms with van der Waals surface area (Å²) < 4.78 is 4.02. The molecule has 0 N–H and O–H groups in total. The van der Waals surface area contributed by atoms with Crippen LogP contribution in [0, 0.1) is 0 Å². The maximum absolute atomic E-state index is 2.51. The maximum atomic E-state index is 2.51. The summed E-state index contributed by atoms with van der Waals surface area (Å²) in [7, 11) is 2.24. The van der Waals surface area contributed by atoms with Crippen LogP contribution in [0.4, 0.5) is 0 Å². The van der Waals surface area contributed by atoms with Gasteiger partial charge in [0.2, 0.25) is 0 Å². The van der Waals surface area contributed by atoms with Crippen LogP contribution in [0.3, 0.4) is 0 Å². The van der Waals surface area contributed by atoms with Gasteiger partial charge >= 0.3 is 55.5 Å². The van der Waals surface area contributed by atoms with E-state index in [0.29, 0.717) is 21.5 Å². The molecule has 1 aliphatic rings. The van der Waals surface area contributed by atoms with Crippen LogP contribution >= 0.6 is 0 Å². The summed E-state index contributed by atoms with van der Waals surface area (Å²) in [6.45, 7) is 2.31. The van der Waals surface area contributed by atoms with Crippen molar-refractivity contribution in [3.63, 3.8) is 0 Å². The molecule has 0 aromatic rings. The molecule has 1 fully saturated rings. The predicted octanol–water partition coefficient (Wildman–Crippen LogP) is -2.29. The van der Waals surface area contributed by atoms with Gasteiger partial charge in [-0.15, -0.1) is 0 Å². The minimum absolute atomic E-state index is 0.473. The molecule has 1 atom stereocenters. The number of nitrogens with zero attached hydrogens (tertiary/aromatic N) is 1. The Balaban J connectivity index is 2.33. The molecular formula is C5H11IN-. The van der Waals surface area contributed by atoms with Crippen molar-refractivity contribution < 1.29 is 21.5 Å². The van der Waals surface area contributed by atoms with Crippen molar-refractivity contribution in [3.05, 3.63) is 0 Å². The Morgan fingerprint density at radius 3 is 2.57 bits per heavy atom. The van der Waals surface area contributed by atoms with Gasteiger partial charge in [-0.25, -0.2) is 0 Å². The van der Waals surface area contributed by atoms with Crippen molar-refractivity contribution in [2.24, 2.45) is 0 Å². The standard InChI is InChI=1S/C5H11IN/c1-5-3-4-6-7(5)2/h5H,3-4H2,1-2H3/q-1. The molecule has 1 heterocycles. The van der Waals surface area contributed by atoms with Gasteiger partial charge in [-0.1, -0.05) is 0 Å². The monoisotopic (exact) mass is 212 g/mol. The van der Waals surface area contributed by atoms with Gasteiger partial charge in [0.15, 0.2) is 0 Å². The molecule has 0 aromatic heterocycles. The van der Waals surface area contributed by atoms with Gasteiger partial charge < -0.3 is 0 Å². The Morgan fingerprint density at radius 2 is 2.43 bits per heavy atom. The molecule has 44 valence electrons. The van der Waals surface area contributed by atoms with Gasteiger partial charge in [0, 0.05) is 0 Å². The molecule has 1 unspecified atom stereocenters. The van der Waals surface area contributed by atoms with E-state index < -0.39 is 0 Å². The van der Waals surface area contributed by atoms with E-state index in [1.807, 2.05) is 0 Å². The van der Waals surface area contributed by atoms with Crippen LogP contribution in [-0.4, -0.2) is 20.6 Å². The van der Waals surface area contributed by atoms with E-state index in [0.717, 1.165) is 6.04 Å². The summed E-state index contributed by atoms with van der Waals surface area (Å²) in [6, 6.07) is 0.896. The van der Waals surface area contributed by atoms with E-state index in [4.69, 9.17) is 0 Å². The number of hydrogen-bond donors (Lipinski definition) is 0. The average Bonchev–Trinajstić information content (AvgIpc) is 1.91. The number of halogens is 1. The molecule has 2 heteroatoms. The van der Waals surface area contributed by atoms with Gasteiger partial charge in [0.1, 0.15) is 0 Å². The number of alkyl halides is 1. The first-order chi connectivity index (χ1) is 3.30. The fraction of sp³-hybridized carbons (Fsp3) is 1.00. The molecule has 1 rings (SSSR count). The molecule has 1 nitrogen and oxygen atoms in total. The Kier molecular flexibility index (Phi) is 1.92. The van der Waals surface area contributed by atoms with Crippen LogP contribution < -0.4 is 21.5 Å². The molecule has 0 aliphatic carbocycles. The number of hydrogen-bond acceptors (Lipinski definition) is 1. The SMILES string of the molecule is CC1CC[I-]N1C. The van der Waals surface area contributed by atoms with Gasteiger partial charge in [-0.3, -0.25) is 0 Å². The third kappa shape index (κ3) is 1.29.